The third kappa shape index (κ3) is 2.39. The summed E-state index contributed by atoms with van der Waals surface area (Å²) in [4.78, 5) is 21.9. The molecule has 0 fully saturated rings. The van der Waals surface area contributed by atoms with E-state index in [4.69, 9.17) is 0 Å². The number of Topliss-reactive ketones (excluding diaryl/α,β-unsaturated/α-hetero) is 2. The van der Waals surface area contributed by atoms with Crippen LogP contribution in [0.3, 0.4) is 0 Å². The number of hydrogen-bond acceptors (Lipinski definition) is 3. The first kappa shape index (κ1) is 10.4. The van der Waals surface area contributed by atoms with Gasteiger partial charge in [0.05, 0.1) is 12.0 Å². The smallest absolute Gasteiger partial charge is 0.174 e. The average Bonchev–Trinajstić information content (AvgIpc) is 2.08. The van der Waals surface area contributed by atoms with Gasteiger partial charge < -0.3 is 5.11 Å². The molecule has 1 aromatic rings. The van der Waals surface area contributed by atoms with Gasteiger partial charge in [-0.1, -0.05) is 0 Å². The number of halogens is 1. The minimum atomic E-state index is -0.616. The normalized spacial score (nSPS) is 9.86. The Morgan fingerprint density at radius 3 is 2.64 bits per heavy atom. The molecule has 0 atom stereocenters. The minimum Gasteiger partial charge on any atom is -0.507 e. The van der Waals surface area contributed by atoms with Gasteiger partial charge in [0.1, 0.15) is 17.3 Å². The molecule has 0 aromatic heterocycles. The van der Waals surface area contributed by atoms with Crippen molar-refractivity contribution in [2.45, 2.75) is 13.3 Å². The number of phenolic OH excluding ortho intramolecular Hbond substituents is 1. The van der Waals surface area contributed by atoms with Crippen molar-refractivity contribution in [1.29, 1.82) is 0 Å². The second-order valence-corrected chi connectivity index (χ2v) is 2.96. The van der Waals surface area contributed by atoms with Crippen LogP contribution >= 0.6 is 0 Å². The number of carbonyl (C=O) groups excluding carboxylic acids is 2. The van der Waals surface area contributed by atoms with Crippen LogP contribution in [0, 0.1) is 5.82 Å². The molecule has 1 N–H and O–H groups in total. The molecule has 0 saturated heterocycles. The first-order valence-corrected chi connectivity index (χ1v) is 4.02. The molecule has 0 aliphatic rings. The summed E-state index contributed by atoms with van der Waals surface area (Å²) in [6, 6.07) is 3.04. The molecule has 0 aliphatic carbocycles. The van der Waals surface area contributed by atoms with Crippen molar-refractivity contribution in [3.63, 3.8) is 0 Å². The van der Waals surface area contributed by atoms with Gasteiger partial charge in [0.15, 0.2) is 5.78 Å². The molecule has 1 aromatic carbocycles. The summed E-state index contributed by atoms with van der Waals surface area (Å²) < 4.78 is 12.7. The van der Waals surface area contributed by atoms with Crippen LogP contribution in [0.4, 0.5) is 4.39 Å². The molecule has 3 nitrogen and oxygen atoms in total. The van der Waals surface area contributed by atoms with Gasteiger partial charge in [0, 0.05) is 0 Å². The Kier molecular flexibility index (Phi) is 2.96. The summed E-state index contributed by atoms with van der Waals surface area (Å²) in [5.41, 5.74) is -0.153. The van der Waals surface area contributed by atoms with E-state index in [1.54, 1.807) is 0 Å². The Hall–Kier alpha value is -1.71. The van der Waals surface area contributed by atoms with E-state index in [0.717, 1.165) is 18.2 Å². The predicted octanol–water partition coefficient (Wildman–Crippen LogP) is 1.69. The van der Waals surface area contributed by atoms with Crippen LogP contribution in [0.15, 0.2) is 18.2 Å². The monoisotopic (exact) mass is 196 g/mol. The summed E-state index contributed by atoms with van der Waals surface area (Å²) >= 11 is 0. The number of rotatable bonds is 3. The van der Waals surface area contributed by atoms with E-state index in [1.165, 1.54) is 6.92 Å². The number of benzene rings is 1. The number of carbonyl (C=O) groups is 2. The van der Waals surface area contributed by atoms with E-state index in [9.17, 15) is 19.1 Å². The van der Waals surface area contributed by atoms with Crippen LogP contribution in [-0.4, -0.2) is 16.7 Å². The molecule has 0 aliphatic heterocycles. The lowest BCUT2D eigenvalue weighted by molar-refractivity contribution is -0.116. The van der Waals surface area contributed by atoms with Gasteiger partial charge in [-0.25, -0.2) is 4.39 Å². The number of phenols is 1. The molecular formula is C10H9FO3. The molecule has 14 heavy (non-hydrogen) atoms. The van der Waals surface area contributed by atoms with Crippen molar-refractivity contribution >= 4 is 11.6 Å². The van der Waals surface area contributed by atoms with Crippen molar-refractivity contribution in [3.8, 4) is 5.75 Å². The third-order valence-electron chi connectivity index (χ3n) is 1.67. The molecule has 0 heterocycles. The van der Waals surface area contributed by atoms with Crippen molar-refractivity contribution in [1.82, 2.24) is 0 Å². The lowest BCUT2D eigenvalue weighted by Gasteiger charge is -2.01. The van der Waals surface area contributed by atoms with Gasteiger partial charge in [0.2, 0.25) is 0 Å². The van der Waals surface area contributed by atoms with Crippen LogP contribution in [0.2, 0.25) is 0 Å². The van der Waals surface area contributed by atoms with Crippen molar-refractivity contribution in [2.24, 2.45) is 0 Å². The van der Waals surface area contributed by atoms with Gasteiger partial charge in [-0.3, -0.25) is 9.59 Å². The maximum absolute atomic E-state index is 12.7. The SMILES string of the molecule is CC(=O)CC(=O)c1cc(F)ccc1O. The zero-order valence-corrected chi connectivity index (χ0v) is 7.58. The number of ketones is 2. The summed E-state index contributed by atoms with van der Waals surface area (Å²) in [6.07, 6.45) is -0.322. The highest BCUT2D eigenvalue weighted by Gasteiger charge is 2.13. The highest BCUT2D eigenvalue weighted by molar-refractivity contribution is 6.08. The maximum atomic E-state index is 12.7. The lowest BCUT2D eigenvalue weighted by Crippen LogP contribution is -2.05. The van der Waals surface area contributed by atoms with Crippen molar-refractivity contribution in [2.75, 3.05) is 0 Å². The van der Waals surface area contributed by atoms with Crippen molar-refractivity contribution in [3.05, 3.63) is 29.6 Å². The van der Waals surface area contributed by atoms with E-state index in [-0.39, 0.29) is 23.5 Å². The van der Waals surface area contributed by atoms with Crippen LogP contribution < -0.4 is 0 Å². The Morgan fingerprint density at radius 1 is 1.43 bits per heavy atom. The Bertz CT molecular complexity index is 385. The van der Waals surface area contributed by atoms with Gasteiger partial charge in [-0.15, -0.1) is 0 Å². The molecular weight excluding hydrogens is 187 g/mol. The quantitative estimate of drug-likeness (QED) is 0.591. The van der Waals surface area contributed by atoms with Crippen LogP contribution in [0.5, 0.6) is 5.75 Å². The summed E-state index contributed by atoms with van der Waals surface area (Å²) in [5, 5.41) is 9.22. The van der Waals surface area contributed by atoms with Gasteiger partial charge in [-0.2, -0.15) is 0 Å². The highest BCUT2D eigenvalue weighted by atomic mass is 19.1. The molecule has 74 valence electrons. The van der Waals surface area contributed by atoms with Gasteiger partial charge in [-0.05, 0) is 25.1 Å². The van der Waals surface area contributed by atoms with E-state index in [2.05, 4.69) is 0 Å². The zero-order valence-electron chi connectivity index (χ0n) is 7.58. The fourth-order valence-corrected chi connectivity index (χ4v) is 1.05. The molecule has 0 unspecified atom stereocenters. The number of hydrogen-bond donors (Lipinski definition) is 1. The second kappa shape index (κ2) is 4.00. The first-order valence-electron chi connectivity index (χ1n) is 4.02. The zero-order chi connectivity index (χ0) is 10.7. The van der Waals surface area contributed by atoms with Crippen LogP contribution in [0.25, 0.3) is 0 Å². The van der Waals surface area contributed by atoms with Crippen LogP contribution in [-0.2, 0) is 4.79 Å². The molecule has 1 rings (SSSR count). The molecule has 0 bridgehead atoms. The molecule has 4 heteroatoms. The summed E-state index contributed by atoms with van der Waals surface area (Å²) in [7, 11) is 0. The van der Waals surface area contributed by atoms with Gasteiger partial charge >= 0.3 is 0 Å². The Labute approximate surface area is 80.2 Å². The molecule has 0 spiro atoms. The fraction of sp³-hybridized carbons (Fsp3) is 0.200. The highest BCUT2D eigenvalue weighted by Crippen LogP contribution is 2.19. The van der Waals surface area contributed by atoms with E-state index >= 15 is 0 Å². The minimum absolute atomic E-state index is 0.153. The van der Waals surface area contributed by atoms with E-state index in [1.807, 2.05) is 0 Å². The third-order valence-corrected chi connectivity index (χ3v) is 1.67. The standard InChI is InChI=1S/C10H9FO3/c1-6(12)4-10(14)8-5-7(11)2-3-9(8)13/h2-3,5,13H,4H2,1H3. The lowest BCUT2D eigenvalue weighted by atomic mass is 10.1. The largest absolute Gasteiger partial charge is 0.507 e. The van der Waals surface area contributed by atoms with E-state index < -0.39 is 11.6 Å². The summed E-state index contributed by atoms with van der Waals surface area (Å²) in [5.74, 6) is -1.82. The van der Waals surface area contributed by atoms with E-state index in [0.29, 0.717) is 0 Å². The van der Waals surface area contributed by atoms with Crippen LogP contribution in [0.1, 0.15) is 23.7 Å². The fourth-order valence-electron chi connectivity index (χ4n) is 1.05. The predicted molar refractivity (Wildman–Crippen MR) is 47.7 cm³/mol. The second-order valence-electron chi connectivity index (χ2n) is 2.96. The first-order chi connectivity index (χ1) is 6.50. The maximum Gasteiger partial charge on any atom is 0.174 e. The molecule has 0 amide bonds. The van der Waals surface area contributed by atoms with Crippen molar-refractivity contribution < 1.29 is 19.1 Å². The number of aromatic hydroxyl groups is 1. The Morgan fingerprint density at radius 2 is 2.07 bits per heavy atom. The molecule has 0 saturated carbocycles. The topological polar surface area (TPSA) is 54.4 Å². The average molecular weight is 196 g/mol. The Balaban J connectivity index is 3.00. The summed E-state index contributed by atoms with van der Waals surface area (Å²) in [6.45, 7) is 1.26. The molecule has 0 radical (unpaired) electrons. The van der Waals surface area contributed by atoms with Gasteiger partial charge in [0.25, 0.3) is 0 Å².